The van der Waals surface area contributed by atoms with Crippen LogP contribution in [0.5, 0.6) is 0 Å². The summed E-state index contributed by atoms with van der Waals surface area (Å²) < 4.78 is 40.5. The summed E-state index contributed by atoms with van der Waals surface area (Å²) in [6.45, 7) is 5.70. The van der Waals surface area contributed by atoms with Crippen LogP contribution in [0.25, 0.3) is 0 Å². The largest absolute Gasteiger partial charge is 0.325 e. The van der Waals surface area contributed by atoms with Gasteiger partial charge in [-0.2, -0.15) is 0 Å². The lowest BCUT2D eigenvalue weighted by atomic mass is 9.82. The highest BCUT2D eigenvalue weighted by molar-refractivity contribution is 5.94. The zero-order valence-corrected chi connectivity index (χ0v) is 15.6. The SMILES string of the molecule is CC(C)(C)c1ccc(NC(=O)[C@H](N)C2CCC(F)(F)CC2)cc1F.Cl. The average molecular weight is 379 g/mol. The van der Waals surface area contributed by atoms with E-state index in [-0.39, 0.29) is 49.4 Å². The first kappa shape index (κ1) is 21.8. The van der Waals surface area contributed by atoms with Crippen molar-refractivity contribution in [2.45, 2.75) is 63.8 Å². The molecule has 0 saturated heterocycles. The van der Waals surface area contributed by atoms with E-state index < -0.39 is 23.7 Å². The smallest absolute Gasteiger partial charge is 0.248 e. The Morgan fingerprint density at radius 1 is 1.28 bits per heavy atom. The van der Waals surface area contributed by atoms with Crippen LogP contribution >= 0.6 is 12.4 Å². The van der Waals surface area contributed by atoms with E-state index in [0.717, 1.165) is 0 Å². The molecule has 1 saturated carbocycles. The molecule has 0 unspecified atom stereocenters. The molecule has 1 fully saturated rings. The van der Waals surface area contributed by atoms with Crippen LogP contribution in [0.1, 0.15) is 52.0 Å². The normalized spacial score (nSPS) is 19.0. The topological polar surface area (TPSA) is 55.1 Å². The summed E-state index contributed by atoms with van der Waals surface area (Å²) in [5, 5.41) is 2.59. The maximum absolute atomic E-state index is 14.2. The number of nitrogens with two attached hydrogens (primary N) is 1. The van der Waals surface area contributed by atoms with Crippen molar-refractivity contribution in [2.24, 2.45) is 11.7 Å². The number of rotatable bonds is 3. The van der Waals surface area contributed by atoms with Gasteiger partial charge in [-0.3, -0.25) is 4.79 Å². The van der Waals surface area contributed by atoms with Gasteiger partial charge in [0.1, 0.15) is 5.82 Å². The molecular weight excluding hydrogens is 353 g/mol. The van der Waals surface area contributed by atoms with E-state index in [2.05, 4.69) is 5.32 Å². The van der Waals surface area contributed by atoms with E-state index in [1.807, 2.05) is 20.8 Å². The molecule has 2 rings (SSSR count). The van der Waals surface area contributed by atoms with Gasteiger partial charge in [-0.1, -0.05) is 26.8 Å². The van der Waals surface area contributed by atoms with Crippen molar-refractivity contribution < 1.29 is 18.0 Å². The third-order valence-corrected chi connectivity index (χ3v) is 4.62. The third kappa shape index (κ3) is 5.61. The Bertz CT molecular complexity index is 607. The predicted molar refractivity (Wildman–Crippen MR) is 95.9 cm³/mol. The minimum absolute atomic E-state index is 0. The molecule has 1 aliphatic rings. The number of carbonyl (C=O) groups excluding carboxylic acids is 1. The average Bonchev–Trinajstić information content (AvgIpc) is 2.45. The van der Waals surface area contributed by atoms with Crippen LogP contribution < -0.4 is 11.1 Å². The van der Waals surface area contributed by atoms with Gasteiger partial charge in [-0.05, 0) is 41.9 Å². The van der Waals surface area contributed by atoms with Gasteiger partial charge < -0.3 is 11.1 Å². The van der Waals surface area contributed by atoms with Crippen molar-refractivity contribution in [3.8, 4) is 0 Å². The molecule has 25 heavy (non-hydrogen) atoms. The van der Waals surface area contributed by atoms with Crippen LogP contribution in [0, 0.1) is 11.7 Å². The second-order valence-electron chi connectivity index (χ2n) is 7.65. The Hall–Kier alpha value is -1.27. The maximum atomic E-state index is 14.2. The molecule has 7 heteroatoms. The first-order chi connectivity index (χ1) is 11.0. The standard InChI is InChI=1S/C18H25F3N2O.ClH/c1-17(2,3)13-5-4-12(10-14(13)19)23-16(24)15(22)11-6-8-18(20,21)9-7-11;/h4-5,10-11,15H,6-9,22H2,1-3H3,(H,23,24);1H/t15-;/m1./s1. The summed E-state index contributed by atoms with van der Waals surface area (Å²) in [6, 6.07) is 3.66. The van der Waals surface area contributed by atoms with Gasteiger partial charge in [0.25, 0.3) is 0 Å². The second-order valence-corrected chi connectivity index (χ2v) is 7.65. The van der Waals surface area contributed by atoms with E-state index in [4.69, 9.17) is 5.73 Å². The van der Waals surface area contributed by atoms with Crippen LogP contribution in [0.2, 0.25) is 0 Å². The molecular formula is C18H26ClF3N2O. The molecule has 3 N–H and O–H groups in total. The fourth-order valence-corrected chi connectivity index (χ4v) is 3.06. The first-order valence-electron chi connectivity index (χ1n) is 8.24. The van der Waals surface area contributed by atoms with Crippen LogP contribution in [-0.4, -0.2) is 17.9 Å². The van der Waals surface area contributed by atoms with Gasteiger partial charge in [0.05, 0.1) is 6.04 Å². The van der Waals surface area contributed by atoms with E-state index in [1.54, 1.807) is 12.1 Å². The molecule has 1 amide bonds. The van der Waals surface area contributed by atoms with Gasteiger partial charge in [0.15, 0.2) is 0 Å². The van der Waals surface area contributed by atoms with Crippen molar-refractivity contribution in [1.29, 1.82) is 0 Å². The number of nitrogens with one attached hydrogen (secondary N) is 1. The van der Waals surface area contributed by atoms with Crippen molar-refractivity contribution in [2.75, 3.05) is 5.32 Å². The molecule has 0 spiro atoms. The lowest BCUT2D eigenvalue weighted by molar-refractivity contribution is -0.120. The quantitative estimate of drug-likeness (QED) is 0.805. The maximum Gasteiger partial charge on any atom is 0.248 e. The molecule has 1 aliphatic carbocycles. The van der Waals surface area contributed by atoms with Crippen LogP contribution in [0.3, 0.4) is 0 Å². The Kier molecular flexibility index (Phi) is 6.93. The van der Waals surface area contributed by atoms with Crippen molar-refractivity contribution in [1.82, 2.24) is 0 Å². The third-order valence-electron chi connectivity index (χ3n) is 4.62. The van der Waals surface area contributed by atoms with E-state index in [9.17, 15) is 18.0 Å². The van der Waals surface area contributed by atoms with Gasteiger partial charge in [0.2, 0.25) is 11.8 Å². The Morgan fingerprint density at radius 3 is 2.32 bits per heavy atom. The van der Waals surface area contributed by atoms with E-state index >= 15 is 0 Å². The molecule has 1 atom stereocenters. The summed E-state index contributed by atoms with van der Waals surface area (Å²) in [6.07, 6.45) is -0.0427. The number of carbonyl (C=O) groups is 1. The van der Waals surface area contributed by atoms with E-state index in [1.165, 1.54) is 6.07 Å². The lowest BCUT2D eigenvalue weighted by Crippen LogP contribution is -2.44. The Balaban J connectivity index is 0.00000312. The van der Waals surface area contributed by atoms with Crippen molar-refractivity contribution in [3.63, 3.8) is 0 Å². The summed E-state index contributed by atoms with van der Waals surface area (Å²) in [5.41, 5.74) is 6.45. The molecule has 1 aromatic carbocycles. The van der Waals surface area contributed by atoms with Crippen molar-refractivity contribution >= 4 is 24.0 Å². The number of hydrogen-bond acceptors (Lipinski definition) is 2. The number of benzene rings is 1. The lowest BCUT2D eigenvalue weighted by Gasteiger charge is -2.31. The van der Waals surface area contributed by atoms with Crippen molar-refractivity contribution in [3.05, 3.63) is 29.6 Å². The molecule has 3 nitrogen and oxygen atoms in total. The van der Waals surface area contributed by atoms with E-state index in [0.29, 0.717) is 11.3 Å². The van der Waals surface area contributed by atoms with Crippen LogP contribution in [-0.2, 0) is 10.2 Å². The zero-order valence-electron chi connectivity index (χ0n) is 14.7. The molecule has 0 aliphatic heterocycles. The second kappa shape index (κ2) is 7.96. The highest BCUT2D eigenvalue weighted by Crippen LogP contribution is 2.37. The molecule has 1 aromatic rings. The van der Waals surface area contributed by atoms with Gasteiger partial charge >= 0.3 is 0 Å². The minimum Gasteiger partial charge on any atom is -0.325 e. The number of amides is 1. The molecule has 0 bridgehead atoms. The minimum atomic E-state index is -2.65. The van der Waals surface area contributed by atoms with Crippen LogP contribution in [0.15, 0.2) is 18.2 Å². The summed E-state index contributed by atoms with van der Waals surface area (Å²) >= 11 is 0. The fraction of sp³-hybridized carbons (Fsp3) is 0.611. The zero-order chi connectivity index (χ0) is 18.1. The number of anilines is 1. The fourth-order valence-electron chi connectivity index (χ4n) is 3.06. The first-order valence-corrected chi connectivity index (χ1v) is 8.24. The molecule has 0 heterocycles. The molecule has 0 aromatic heterocycles. The van der Waals surface area contributed by atoms with Gasteiger partial charge in [-0.25, -0.2) is 13.2 Å². The predicted octanol–water partition coefficient (Wildman–Crippen LogP) is 4.64. The summed E-state index contributed by atoms with van der Waals surface area (Å²) in [4.78, 5) is 12.2. The van der Waals surface area contributed by atoms with Gasteiger partial charge in [-0.15, -0.1) is 12.4 Å². The molecule has 0 radical (unpaired) electrons. The number of alkyl halides is 2. The summed E-state index contributed by atoms with van der Waals surface area (Å²) in [7, 11) is 0. The highest BCUT2D eigenvalue weighted by Gasteiger charge is 2.38. The number of halogens is 4. The monoisotopic (exact) mass is 378 g/mol. The molecule has 142 valence electrons. The summed E-state index contributed by atoms with van der Waals surface area (Å²) in [5.74, 6) is -3.79. The Morgan fingerprint density at radius 2 is 1.84 bits per heavy atom. The Labute approximate surface area is 153 Å². The van der Waals surface area contributed by atoms with Gasteiger partial charge in [0, 0.05) is 18.5 Å². The number of hydrogen-bond donors (Lipinski definition) is 2. The highest BCUT2D eigenvalue weighted by atomic mass is 35.5. The van der Waals surface area contributed by atoms with Crippen LogP contribution in [0.4, 0.5) is 18.9 Å².